The molecule has 1 saturated carbocycles. The van der Waals surface area contributed by atoms with E-state index in [1.54, 1.807) is 0 Å². The number of aliphatic hydroxyl groups is 1. The minimum Gasteiger partial charge on any atom is -0.390 e. The van der Waals surface area contributed by atoms with Crippen molar-refractivity contribution in [2.75, 3.05) is 44.2 Å². The molecule has 146 valence electrons. The van der Waals surface area contributed by atoms with E-state index in [-0.39, 0.29) is 30.4 Å². The molecule has 9 heteroatoms. The topological polar surface area (TPSA) is 60.9 Å². The lowest BCUT2D eigenvalue weighted by Crippen LogP contribution is -2.54. The Balaban J connectivity index is 1.42. The van der Waals surface area contributed by atoms with Crippen molar-refractivity contribution in [2.24, 2.45) is 11.8 Å². The molecule has 0 radical (unpaired) electrons. The van der Waals surface area contributed by atoms with E-state index in [1.165, 1.54) is 0 Å². The molecule has 0 bridgehead atoms. The molecule has 0 amide bonds. The van der Waals surface area contributed by atoms with Crippen molar-refractivity contribution in [3.63, 3.8) is 0 Å². The highest BCUT2D eigenvalue weighted by Gasteiger charge is 2.42. The summed E-state index contributed by atoms with van der Waals surface area (Å²) in [5.74, 6) is -0.940. The Labute approximate surface area is 147 Å². The lowest BCUT2D eigenvalue weighted by atomic mass is 9.81. The van der Waals surface area contributed by atoms with E-state index in [2.05, 4.69) is 4.90 Å². The van der Waals surface area contributed by atoms with Crippen molar-refractivity contribution >= 4 is 9.84 Å². The maximum Gasteiger partial charge on any atom is 0.391 e. The van der Waals surface area contributed by atoms with E-state index in [0.29, 0.717) is 31.8 Å². The quantitative estimate of drug-likeness (QED) is 0.791. The molecule has 2 heterocycles. The molecule has 3 aliphatic rings. The molecule has 25 heavy (non-hydrogen) atoms. The predicted octanol–water partition coefficient (Wildman–Crippen LogP) is 1.13. The third-order valence-electron chi connectivity index (χ3n) is 6.00. The lowest BCUT2D eigenvalue weighted by Gasteiger charge is -2.40. The van der Waals surface area contributed by atoms with Crippen LogP contribution >= 0.6 is 0 Å². The Morgan fingerprint density at radius 3 is 2.04 bits per heavy atom. The zero-order valence-corrected chi connectivity index (χ0v) is 15.1. The Morgan fingerprint density at radius 1 is 0.960 bits per heavy atom. The van der Waals surface area contributed by atoms with E-state index in [1.807, 2.05) is 4.90 Å². The van der Waals surface area contributed by atoms with Crippen molar-refractivity contribution in [3.05, 3.63) is 0 Å². The molecule has 1 N–H and O–H groups in total. The maximum atomic E-state index is 12.7. The van der Waals surface area contributed by atoms with Crippen LogP contribution in [-0.4, -0.2) is 85.9 Å². The number of sulfone groups is 1. The zero-order valence-electron chi connectivity index (χ0n) is 14.3. The monoisotopic (exact) mass is 384 g/mol. The van der Waals surface area contributed by atoms with Gasteiger partial charge in [-0.1, -0.05) is 0 Å². The van der Waals surface area contributed by atoms with E-state index >= 15 is 0 Å². The molecular weight excluding hydrogens is 357 g/mol. The van der Waals surface area contributed by atoms with Crippen LogP contribution in [0.1, 0.15) is 25.7 Å². The fourth-order valence-corrected chi connectivity index (χ4v) is 6.31. The first kappa shape index (κ1) is 19.4. The second-order valence-electron chi connectivity index (χ2n) is 7.81. The van der Waals surface area contributed by atoms with E-state index in [0.717, 1.165) is 19.6 Å². The highest BCUT2D eigenvalue weighted by molar-refractivity contribution is 7.91. The molecule has 0 aromatic carbocycles. The van der Waals surface area contributed by atoms with Gasteiger partial charge in [0, 0.05) is 32.7 Å². The van der Waals surface area contributed by atoms with Gasteiger partial charge in [-0.25, -0.2) is 8.42 Å². The van der Waals surface area contributed by atoms with Gasteiger partial charge in [0.1, 0.15) is 0 Å². The van der Waals surface area contributed by atoms with Crippen LogP contribution in [0, 0.1) is 11.8 Å². The maximum absolute atomic E-state index is 12.7. The minimum atomic E-state index is -4.06. The standard InChI is InChI=1S/C16H27F3N2O3S/c17-16(18,19)13-3-1-12(2-4-13)9-20-5-7-21(8-6-20)14-10-25(23,24)11-15(14)22/h12-15,22H,1-11H2. The van der Waals surface area contributed by atoms with Gasteiger partial charge in [0.2, 0.25) is 0 Å². The summed E-state index contributed by atoms with van der Waals surface area (Å²) in [7, 11) is -3.14. The van der Waals surface area contributed by atoms with E-state index < -0.39 is 28.0 Å². The molecule has 0 aromatic rings. The first-order valence-electron chi connectivity index (χ1n) is 9.05. The summed E-state index contributed by atoms with van der Waals surface area (Å²) in [5, 5.41) is 9.97. The smallest absolute Gasteiger partial charge is 0.390 e. The number of piperazine rings is 1. The van der Waals surface area contributed by atoms with E-state index in [9.17, 15) is 26.7 Å². The van der Waals surface area contributed by atoms with Crippen molar-refractivity contribution in [1.29, 1.82) is 0 Å². The second-order valence-corrected chi connectivity index (χ2v) is 9.96. The largest absolute Gasteiger partial charge is 0.391 e. The fourth-order valence-electron chi connectivity index (χ4n) is 4.47. The second kappa shape index (κ2) is 7.32. The minimum absolute atomic E-state index is 0.0234. The van der Waals surface area contributed by atoms with Crippen molar-refractivity contribution in [3.8, 4) is 0 Å². The average Bonchev–Trinajstić information content (AvgIpc) is 2.81. The molecular formula is C16H27F3N2O3S. The van der Waals surface area contributed by atoms with Gasteiger partial charge in [0.15, 0.2) is 9.84 Å². The highest BCUT2D eigenvalue weighted by Crippen LogP contribution is 2.39. The highest BCUT2D eigenvalue weighted by atomic mass is 32.2. The lowest BCUT2D eigenvalue weighted by molar-refractivity contribution is -0.184. The van der Waals surface area contributed by atoms with Crippen LogP contribution in [0.4, 0.5) is 13.2 Å². The molecule has 2 unspecified atom stereocenters. The number of hydrogen-bond donors (Lipinski definition) is 1. The molecule has 5 nitrogen and oxygen atoms in total. The normalized spacial score (nSPS) is 38.1. The van der Waals surface area contributed by atoms with Crippen molar-refractivity contribution < 1.29 is 26.7 Å². The van der Waals surface area contributed by atoms with E-state index in [4.69, 9.17) is 0 Å². The summed E-state index contributed by atoms with van der Waals surface area (Å²) < 4.78 is 61.5. The van der Waals surface area contributed by atoms with Crippen LogP contribution in [0.5, 0.6) is 0 Å². The van der Waals surface area contributed by atoms with Gasteiger partial charge >= 0.3 is 6.18 Å². The summed E-state index contributed by atoms with van der Waals surface area (Å²) >= 11 is 0. The molecule has 3 rings (SSSR count). The third-order valence-corrected chi connectivity index (χ3v) is 7.69. The Morgan fingerprint density at radius 2 is 1.56 bits per heavy atom. The Hall–Kier alpha value is -0.380. The number of nitrogens with zero attached hydrogens (tertiary/aromatic N) is 2. The first-order chi connectivity index (χ1) is 11.6. The van der Waals surface area contributed by atoms with Crippen molar-refractivity contribution in [1.82, 2.24) is 9.80 Å². The summed E-state index contributed by atoms with van der Waals surface area (Å²) in [6.45, 7) is 3.79. The molecule has 3 fully saturated rings. The first-order valence-corrected chi connectivity index (χ1v) is 10.9. The van der Waals surface area contributed by atoms with Gasteiger partial charge in [-0.3, -0.25) is 4.90 Å². The molecule has 2 atom stereocenters. The average molecular weight is 384 g/mol. The summed E-state index contributed by atoms with van der Waals surface area (Å²) in [4.78, 5) is 4.32. The third kappa shape index (κ3) is 4.87. The van der Waals surface area contributed by atoms with Crippen LogP contribution in [-0.2, 0) is 9.84 Å². The van der Waals surface area contributed by atoms with Crippen molar-refractivity contribution in [2.45, 2.75) is 44.0 Å². The van der Waals surface area contributed by atoms with Gasteiger partial charge in [-0.15, -0.1) is 0 Å². The zero-order chi connectivity index (χ0) is 18.2. The molecule has 0 spiro atoms. The van der Waals surface area contributed by atoms with Crippen LogP contribution < -0.4 is 0 Å². The van der Waals surface area contributed by atoms with Gasteiger partial charge < -0.3 is 10.0 Å². The molecule has 2 saturated heterocycles. The van der Waals surface area contributed by atoms with Gasteiger partial charge in [0.05, 0.1) is 29.6 Å². The number of alkyl halides is 3. The summed E-state index contributed by atoms with van der Waals surface area (Å²) in [6, 6.07) is -0.311. The predicted molar refractivity (Wildman–Crippen MR) is 88.0 cm³/mol. The van der Waals surface area contributed by atoms with Crippen LogP contribution in [0.25, 0.3) is 0 Å². The number of rotatable bonds is 3. The molecule has 1 aliphatic carbocycles. The Bertz CT molecular complexity index is 553. The fraction of sp³-hybridized carbons (Fsp3) is 1.00. The van der Waals surface area contributed by atoms with Crippen LogP contribution in [0.15, 0.2) is 0 Å². The van der Waals surface area contributed by atoms with Crippen LogP contribution in [0.2, 0.25) is 0 Å². The van der Waals surface area contributed by atoms with Gasteiger partial charge in [-0.2, -0.15) is 13.2 Å². The number of hydrogen-bond acceptors (Lipinski definition) is 5. The van der Waals surface area contributed by atoms with Gasteiger partial charge in [0.25, 0.3) is 0 Å². The van der Waals surface area contributed by atoms with Crippen LogP contribution in [0.3, 0.4) is 0 Å². The number of halogens is 3. The SMILES string of the molecule is O=S1(=O)CC(O)C(N2CCN(CC3CCC(C(F)(F)F)CC3)CC2)C1. The summed E-state index contributed by atoms with van der Waals surface area (Å²) in [5.41, 5.74) is 0. The Kier molecular flexibility index (Phi) is 5.68. The number of aliphatic hydroxyl groups excluding tert-OH is 1. The molecule has 2 aliphatic heterocycles. The van der Waals surface area contributed by atoms with Gasteiger partial charge in [-0.05, 0) is 31.6 Å². The molecule has 0 aromatic heterocycles. The summed E-state index contributed by atoms with van der Waals surface area (Å²) in [6.07, 6.45) is -3.14.